The lowest BCUT2D eigenvalue weighted by Crippen LogP contribution is -2.07. The van der Waals surface area contributed by atoms with Crippen molar-refractivity contribution in [2.75, 3.05) is 19.8 Å². The van der Waals surface area contributed by atoms with Crippen molar-refractivity contribution in [1.82, 2.24) is 4.98 Å². The van der Waals surface area contributed by atoms with Crippen LogP contribution in [0.15, 0.2) is 22.8 Å². The van der Waals surface area contributed by atoms with E-state index in [1.54, 1.807) is 6.20 Å². The first-order chi connectivity index (χ1) is 6.83. The average Bonchev–Trinajstić information content (AvgIpc) is 2.21. The van der Waals surface area contributed by atoms with E-state index in [1.165, 1.54) is 0 Å². The predicted molar refractivity (Wildman–Crippen MR) is 58.5 cm³/mol. The molecule has 0 saturated heterocycles. The van der Waals surface area contributed by atoms with E-state index in [0.29, 0.717) is 19.1 Å². The van der Waals surface area contributed by atoms with Crippen LogP contribution in [0.1, 0.15) is 13.3 Å². The van der Waals surface area contributed by atoms with Crippen LogP contribution in [0.25, 0.3) is 0 Å². The number of nitrogens with zero attached hydrogens (tertiary/aromatic N) is 1. The third-order valence-corrected chi connectivity index (χ3v) is 2.00. The maximum atomic E-state index is 5.35. The lowest BCUT2D eigenvalue weighted by Gasteiger charge is -2.05. The Hall–Kier alpha value is -0.610. The number of rotatable bonds is 6. The highest BCUT2D eigenvalue weighted by Crippen LogP contribution is 2.11. The summed E-state index contributed by atoms with van der Waals surface area (Å²) in [5.41, 5.74) is 0. The van der Waals surface area contributed by atoms with E-state index in [9.17, 15) is 0 Å². The van der Waals surface area contributed by atoms with Crippen molar-refractivity contribution >= 4 is 15.9 Å². The molecule has 0 aliphatic rings. The summed E-state index contributed by atoms with van der Waals surface area (Å²) in [4.78, 5) is 4.07. The Bertz CT molecular complexity index is 251. The van der Waals surface area contributed by atoms with Crippen molar-refractivity contribution in [3.8, 4) is 5.88 Å². The zero-order valence-corrected chi connectivity index (χ0v) is 9.79. The molecule has 0 fully saturated rings. The molecule has 0 aliphatic carbocycles. The summed E-state index contributed by atoms with van der Waals surface area (Å²) < 4.78 is 11.6. The Morgan fingerprint density at radius 2 is 2.14 bits per heavy atom. The standard InChI is InChI=1S/C10H14BrNO2/c1-2-5-13-6-7-14-10-4-3-9(11)8-12-10/h3-4,8H,2,5-7H2,1H3. The molecule has 78 valence electrons. The predicted octanol–water partition coefficient (Wildman–Crippen LogP) is 2.65. The molecule has 0 spiro atoms. The van der Waals surface area contributed by atoms with Gasteiger partial charge in [0.25, 0.3) is 0 Å². The van der Waals surface area contributed by atoms with Crippen LogP contribution in [-0.2, 0) is 4.74 Å². The van der Waals surface area contributed by atoms with Crippen LogP contribution < -0.4 is 4.74 Å². The second kappa shape index (κ2) is 6.79. The van der Waals surface area contributed by atoms with Crippen LogP contribution in [-0.4, -0.2) is 24.8 Å². The van der Waals surface area contributed by atoms with Crippen LogP contribution in [0.4, 0.5) is 0 Å². The monoisotopic (exact) mass is 259 g/mol. The third-order valence-electron chi connectivity index (χ3n) is 1.53. The average molecular weight is 260 g/mol. The largest absolute Gasteiger partial charge is 0.475 e. The van der Waals surface area contributed by atoms with Gasteiger partial charge < -0.3 is 9.47 Å². The third kappa shape index (κ3) is 4.58. The number of hydrogen-bond donors (Lipinski definition) is 0. The van der Waals surface area contributed by atoms with Crippen molar-refractivity contribution < 1.29 is 9.47 Å². The summed E-state index contributed by atoms with van der Waals surface area (Å²) in [5, 5.41) is 0. The lowest BCUT2D eigenvalue weighted by atomic mass is 10.5. The Morgan fingerprint density at radius 3 is 2.79 bits per heavy atom. The minimum Gasteiger partial charge on any atom is -0.475 e. The van der Waals surface area contributed by atoms with Crippen molar-refractivity contribution in [1.29, 1.82) is 0 Å². The summed E-state index contributed by atoms with van der Waals surface area (Å²) in [6.45, 7) is 4.04. The molecular formula is C10H14BrNO2. The first-order valence-corrected chi connectivity index (χ1v) is 5.44. The maximum Gasteiger partial charge on any atom is 0.213 e. The molecule has 0 N–H and O–H groups in total. The van der Waals surface area contributed by atoms with E-state index >= 15 is 0 Å². The van der Waals surface area contributed by atoms with Gasteiger partial charge in [0.15, 0.2) is 0 Å². The molecule has 0 aliphatic heterocycles. The minimum atomic E-state index is 0.550. The highest BCUT2D eigenvalue weighted by atomic mass is 79.9. The molecule has 0 aromatic carbocycles. The van der Waals surface area contributed by atoms with Crippen molar-refractivity contribution in [3.63, 3.8) is 0 Å². The molecule has 3 nitrogen and oxygen atoms in total. The Labute approximate surface area is 92.6 Å². The van der Waals surface area contributed by atoms with Crippen LogP contribution in [0, 0.1) is 0 Å². The van der Waals surface area contributed by atoms with Crippen LogP contribution >= 0.6 is 15.9 Å². The SMILES string of the molecule is CCCOCCOc1ccc(Br)cn1. The number of halogens is 1. The van der Waals surface area contributed by atoms with Gasteiger partial charge in [0, 0.05) is 23.3 Å². The molecule has 1 aromatic heterocycles. The van der Waals surface area contributed by atoms with Crippen molar-refractivity contribution in [3.05, 3.63) is 22.8 Å². The molecule has 0 amide bonds. The first-order valence-electron chi connectivity index (χ1n) is 4.65. The van der Waals surface area contributed by atoms with Crippen molar-refractivity contribution in [2.45, 2.75) is 13.3 Å². The van der Waals surface area contributed by atoms with Gasteiger partial charge in [-0.2, -0.15) is 0 Å². The fourth-order valence-corrected chi connectivity index (χ4v) is 1.13. The van der Waals surface area contributed by atoms with Gasteiger partial charge in [-0.3, -0.25) is 0 Å². The van der Waals surface area contributed by atoms with Crippen LogP contribution in [0.3, 0.4) is 0 Å². The summed E-state index contributed by atoms with van der Waals surface area (Å²) in [6, 6.07) is 3.72. The molecular weight excluding hydrogens is 246 g/mol. The number of ether oxygens (including phenoxy) is 2. The molecule has 0 atom stereocenters. The van der Waals surface area contributed by atoms with Crippen molar-refractivity contribution in [2.24, 2.45) is 0 Å². The Kier molecular flexibility index (Phi) is 5.56. The van der Waals surface area contributed by atoms with Gasteiger partial charge >= 0.3 is 0 Å². The second-order valence-corrected chi connectivity index (χ2v) is 3.69. The topological polar surface area (TPSA) is 31.4 Å². The van der Waals surface area contributed by atoms with E-state index < -0.39 is 0 Å². The number of aromatic nitrogens is 1. The molecule has 4 heteroatoms. The highest BCUT2D eigenvalue weighted by Gasteiger charge is 1.94. The van der Waals surface area contributed by atoms with E-state index in [4.69, 9.17) is 9.47 Å². The molecule has 0 unspecified atom stereocenters. The molecule has 0 radical (unpaired) electrons. The first kappa shape index (κ1) is 11.5. The van der Waals surface area contributed by atoms with E-state index in [2.05, 4.69) is 27.8 Å². The molecule has 0 saturated carbocycles. The summed E-state index contributed by atoms with van der Waals surface area (Å²) >= 11 is 3.31. The molecule has 0 bridgehead atoms. The minimum absolute atomic E-state index is 0.550. The number of pyridine rings is 1. The van der Waals surface area contributed by atoms with Gasteiger partial charge in [-0.25, -0.2) is 4.98 Å². The quantitative estimate of drug-likeness (QED) is 0.737. The van der Waals surface area contributed by atoms with E-state index in [0.717, 1.165) is 17.5 Å². The smallest absolute Gasteiger partial charge is 0.213 e. The highest BCUT2D eigenvalue weighted by molar-refractivity contribution is 9.10. The van der Waals surface area contributed by atoms with Gasteiger partial charge in [0.05, 0.1) is 6.61 Å². The lowest BCUT2D eigenvalue weighted by molar-refractivity contribution is 0.0990. The zero-order valence-electron chi connectivity index (χ0n) is 8.20. The summed E-state index contributed by atoms with van der Waals surface area (Å²) in [7, 11) is 0. The van der Waals surface area contributed by atoms with E-state index in [1.807, 2.05) is 12.1 Å². The van der Waals surface area contributed by atoms with Gasteiger partial charge in [0.2, 0.25) is 5.88 Å². The maximum absolute atomic E-state index is 5.35. The molecule has 14 heavy (non-hydrogen) atoms. The Morgan fingerprint density at radius 1 is 1.29 bits per heavy atom. The van der Waals surface area contributed by atoms with Gasteiger partial charge in [0.1, 0.15) is 6.61 Å². The normalized spacial score (nSPS) is 10.1. The Balaban J connectivity index is 2.15. The molecule has 1 rings (SSSR count). The van der Waals surface area contributed by atoms with Gasteiger partial charge in [-0.15, -0.1) is 0 Å². The molecule has 1 aromatic rings. The molecule has 1 heterocycles. The van der Waals surface area contributed by atoms with Gasteiger partial charge in [-0.1, -0.05) is 6.92 Å². The van der Waals surface area contributed by atoms with Gasteiger partial charge in [-0.05, 0) is 28.4 Å². The fraction of sp³-hybridized carbons (Fsp3) is 0.500. The summed E-state index contributed by atoms with van der Waals surface area (Å²) in [5.74, 6) is 0.633. The second-order valence-electron chi connectivity index (χ2n) is 2.78. The van der Waals surface area contributed by atoms with Crippen LogP contribution in [0.5, 0.6) is 5.88 Å². The number of hydrogen-bond acceptors (Lipinski definition) is 3. The zero-order chi connectivity index (χ0) is 10.2. The fourth-order valence-electron chi connectivity index (χ4n) is 0.899. The van der Waals surface area contributed by atoms with E-state index in [-0.39, 0.29) is 0 Å². The summed E-state index contributed by atoms with van der Waals surface area (Å²) in [6.07, 6.45) is 2.75. The van der Waals surface area contributed by atoms with Crippen LogP contribution in [0.2, 0.25) is 0 Å².